The second-order valence-corrected chi connectivity index (χ2v) is 11.7. The number of amides is 2. The molecule has 10 heteroatoms. The van der Waals surface area contributed by atoms with Crippen LogP contribution in [-0.4, -0.2) is 42.0 Å². The van der Waals surface area contributed by atoms with Gasteiger partial charge in [-0.05, 0) is 60.2 Å². The van der Waals surface area contributed by atoms with Gasteiger partial charge >= 0.3 is 6.03 Å². The normalized spacial score (nSPS) is 16.0. The number of pyridine rings is 1. The third-order valence-electron chi connectivity index (χ3n) is 6.10. The molecule has 2 amide bonds. The number of benzene rings is 1. The molecule has 3 aromatic rings. The smallest absolute Gasteiger partial charge is 0.322 e. The summed E-state index contributed by atoms with van der Waals surface area (Å²) in [6.45, 7) is 6.67. The number of nitrogens with zero attached hydrogens (tertiary/aromatic N) is 4. The minimum Gasteiger partial charge on any atom is -0.331 e. The Balaban J connectivity index is 0.00000361. The maximum absolute atomic E-state index is 13.6. The maximum Gasteiger partial charge on any atom is 0.322 e. The number of fused-ring (bicyclic) bond motifs is 1. The highest BCUT2D eigenvalue weighted by molar-refractivity contribution is 7.90. The summed E-state index contributed by atoms with van der Waals surface area (Å²) in [4.78, 5) is 19.2. The third-order valence-corrected chi connectivity index (χ3v) is 7.09. The first kappa shape index (κ1) is 24.8. The summed E-state index contributed by atoms with van der Waals surface area (Å²) < 4.78 is 39.2. The van der Waals surface area contributed by atoms with Crippen molar-refractivity contribution >= 4 is 21.6 Å². The summed E-state index contributed by atoms with van der Waals surface area (Å²) in [5.74, 6) is -0.326. The lowest BCUT2D eigenvalue weighted by Crippen LogP contribution is -2.49. The molecule has 0 bridgehead atoms. The SMILES string of the molecule is CCC[C@H](NC(=O)N1CC(C)(C)Cc2c1cnn2-c1ccc(F)cc1)c1ccnc(S(C)(=O)=O)c1.[HH]. The fourth-order valence-corrected chi connectivity index (χ4v) is 5.05. The highest BCUT2D eigenvalue weighted by Gasteiger charge is 2.37. The van der Waals surface area contributed by atoms with Crippen molar-refractivity contribution in [3.05, 3.63) is 65.9 Å². The lowest BCUT2D eigenvalue weighted by atomic mass is 9.83. The van der Waals surface area contributed by atoms with E-state index in [2.05, 4.69) is 29.2 Å². The molecule has 2 aromatic heterocycles. The predicted octanol–water partition coefficient (Wildman–Crippen LogP) is 4.70. The minimum absolute atomic E-state index is 0. The van der Waals surface area contributed by atoms with E-state index in [1.54, 1.807) is 34.0 Å². The van der Waals surface area contributed by atoms with Crippen molar-refractivity contribution in [1.82, 2.24) is 20.1 Å². The molecule has 35 heavy (non-hydrogen) atoms. The Labute approximate surface area is 206 Å². The van der Waals surface area contributed by atoms with Gasteiger partial charge in [-0.15, -0.1) is 0 Å². The Morgan fingerprint density at radius 3 is 2.63 bits per heavy atom. The summed E-state index contributed by atoms with van der Waals surface area (Å²) in [7, 11) is -3.47. The van der Waals surface area contributed by atoms with Gasteiger partial charge < -0.3 is 5.32 Å². The highest BCUT2D eigenvalue weighted by Crippen LogP contribution is 2.37. The van der Waals surface area contributed by atoms with Gasteiger partial charge in [-0.25, -0.2) is 27.3 Å². The van der Waals surface area contributed by atoms with Crippen molar-refractivity contribution in [2.45, 2.75) is 51.1 Å². The van der Waals surface area contributed by atoms with Gasteiger partial charge in [-0.3, -0.25) is 4.90 Å². The number of anilines is 1. The molecule has 4 rings (SSSR count). The molecule has 0 saturated carbocycles. The number of aromatic nitrogens is 3. The summed E-state index contributed by atoms with van der Waals surface area (Å²) in [6, 6.07) is 8.68. The molecule has 0 spiro atoms. The van der Waals surface area contributed by atoms with Crippen LogP contribution in [0.2, 0.25) is 0 Å². The summed E-state index contributed by atoms with van der Waals surface area (Å²) in [5.41, 5.74) is 2.77. The van der Waals surface area contributed by atoms with Crippen LogP contribution in [0.5, 0.6) is 0 Å². The standard InChI is InChI=1S/C25H30FN5O3S.H2/c1-5-6-20(17-11-12-27-23(13-17)35(4,33)34)29-24(32)30-16-25(2,3)14-21-22(30)15-28-31(21)19-9-7-18(26)8-10-19;/h7-13,15,20H,5-6,14,16H2,1-4H3,(H,29,32);1H/t20-;/m0./s1. The molecule has 0 unspecified atom stereocenters. The first-order valence-corrected chi connectivity index (χ1v) is 13.4. The Kier molecular flexibility index (Phi) is 6.68. The van der Waals surface area contributed by atoms with E-state index in [0.717, 1.165) is 24.1 Å². The number of carbonyl (C=O) groups is 1. The van der Waals surface area contributed by atoms with Gasteiger partial charge in [0.05, 0.1) is 29.3 Å². The van der Waals surface area contributed by atoms with Crippen LogP contribution >= 0.6 is 0 Å². The van der Waals surface area contributed by atoms with Gasteiger partial charge in [0.25, 0.3) is 0 Å². The van der Waals surface area contributed by atoms with Gasteiger partial charge in [0.2, 0.25) is 0 Å². The number of sulfone groups is 1. The molecule has 1 aromatic carbocycles. The Morgan fingerprint density at radius 2 is 1.97 bits per heavy atom. The second kappa shape index (κ2) is 9.41. The van der Waals surface area contributed by atoms with E-state index in [9.17, 15) is 17.6 Å². The molecule has 0 aliphatic carbocycles. The van der Waals surface area contributed by atoms with Crippen molar-refractivity contribution in [2.75, 3.05) is 17.7 Å². The van der Waals surface area contributed by atoms with E-state index in [0.29, 0.717) is 30.6 Å². The first-order chi connectivity index (χ1) is 16.5. The molecular weight excluding hydrogens is 469 g/mol. The summed E-state index contributed by atoms with van der Waals surface area (Å²) in [6.07, 6.45) is 6.36. The monoisotopic (exact) mass is 501 g/mol. The third kappa shape index (κ3) is 5.37. The molecule has 3 heterocycles. The molecule has 0 saturated heterocycles. The van der Waals surface area contributed by atoms with Crippen molar-refractivity contribution in [2.24, 2.45) is 5.41 Å². The average molecular weight is 502 g/mol. The van der Waals surface area contributed by atoms with E-state index < -0.39 is 9.84 Å². The highest BCUT2D eigenvalue weighted by atomic mass is 32.2. The Morgan fingerprint density at radius 1 is 1.26 bits per heavy atom. The van der Waals surface area contributed by atoms with Crippen molar-refractivity contribution < 1.29 is 19.0 Å². The summed E-state index contributed by atoms with van der Waals surface area (Å²) in [5, 5.41) is 7.58. The van der Waals surface area contributed by atoms with Crippen LogP contribution < -0.4 is 10.2 Å². The average Bonchev–Trinajstić information content (AvgIpc) is 3.20. The molecule has 188 valence electrons. The molecule has 8 nitrogen and oxygen atoms in total. The minimum atomic E-state index is -3.47. The fourth-order valence-electron chi connectivity index (χ4n) is 4.45. The van der Waals surface area contributed by atoms with E-state index in [1.807, 2.05) is 6.92 Å². The van der Waals surface area contributed by atoms with Gasteiger partial charge in [0, 0.05) is 20.4 Å². The number of halogens is 1. The lowest BCUT2D eigenvalue weighted by molar-refractivity contribution is 0.235. The van der Waals surface area contributed by atoms with Crippen LogP contribution in [0.1, 0.15) is 52.3 Å². The Hall–Kier alpha value is -3.27. The van der Waals surface area contributed by atoms with Crippen molar-refractivity contribution in [3.8, 4) is 5.69 Å². The maximum atomic E-state index is 13.6. The molecule has 1 atom stereocenters. The number of carbonyl (C=O) groups excluding carboxylic acids is 1. The van der Waals surface area contributed by atoms with Crippen LogP contribution in [0.4, 0.5) is 14.9 Å². The largest absolute Gasteiger partial charge is 0.331 e. The predicted molar refractivity (Wildman–Crippen MR) is 134 cm³/mol. The molecular formula is C25H32FN5O3S. The van der Waals surface area contributed by atoms with Gasteiger partial charge in [0.1, 0.15) is 5.82 Å². The van der Waals surface area contributed by atoms with Crippen LogP contribution in [0.3, 0.4) is 0 Å². The second-order valence-electron chi connectivity index (χ2n) is 9.78. The van der Waals surface area contributed by atoms with Crippen molar-refractivity contribution in [3.63, 3.8) is 0 Å². The number of urea groups is 1. The number of nitrogens with one attached hydrogen (secondary N) is 1. The zero-order valence-electron chi connectivity index (χ0n) is 20.3. The van der Waals surface area contributed by atoms with E-state index in [1.165, 1.54) is 24.4 Å². The zero-order chi connectivity index (χ0) is 25.4. The molecule has 1 aliphatic heterocycles. The van der Waals surface area contributed by atoms with Crippen LogP contribution in [-0.2, 0) is 16.3 Å². The van der Waals surface area contributed by atoms with E-state index in [4.69, 9.17) is 0 Å². The Bertz CT molecular complexity index is 1340. The first-order valence-electron chi connectivity index (χ1n) is 11.6. The summed E-state index contributed by atoms with van der Waals surface area (Å²) >= 11 is 0. The van der Waals surface area contributed by atoms with Crippen LogP contribution in [0.25, 0.3) is 5.69 Å². The molecule has 1 aliphatic rings. The lowest BCUT2D eigenvalue weighted by Gasteiger charge is -2.38. The molecule has 1 N–H and O–H groups in total. The van der Waals surface area contributed by atoms with E-state index in [-0.39, 0.29) is 29.8 Å². The molecule has 0 fully saturated rings. The number of rotatable bonds is 6. The zero-order valence-corrected chi connectivity index (χ0v) is 21.1. The van der Waals surface area contributed by atoms with Gasteiger partial charge in [-0.2, -0.15) is 5.10 Å². The quantitative estimate of drug-likeness (QED) is 0.528. The topological polar surface area (TPSA) is 97.2 Å². The van der Waals surface area contributed by atoms with Gasteiger partial charge in [0.15, 0.2) is 14.9 Å². The van der Waals surface area contributed by atoms with E-state index >= 15 is 0 Å². The van der Waals surface area contributed by atoms with Gasteiger partial charge in [-0.1, -0.05) is 27.2 Å². The van der Waals surface area contributed by atoms with Crippen LogP contribution in [0, 0.1) is 11.2 Å². The molecule has 0 radical (unpaired) electrons. The number of hydrogen-bond donors (Lipinski definition) is 1. The fraction of sp³-hybridized carbons (Fsp3) is 0.400. The van der Waals surface area contributed by atoms with Crippen LogP contribution in [0.15, 0.2) is 53.8 Å². The number of hydrogen-bond acceptors (Lipinski definition) is 5. The van der Waals surface area contributed by atoms with Crippen molar-refractivity contribution in [1.29, 1.82) is 0 Å².